The fraction of sp³-hybridized carbons (Fsp3) is 0.873. The number of allylic oxidation sites excluding steroid dienone is 8. The van der Waals surface area contributed by atoms with Crippen molar-refractivity contribution in [2.75, 3.05) is 13.2 Å². The van der Waals surface area contributed by atoms with Gasteiger partial charge in [0.25, 0.3) is 0 Å². The summed E-state index contributed by atoms with van der Waals surface area (Å²) in [7, 11) is 0. The van der Waals surface area contributed by atoms with Gasteiger partial charge in [-0.15, -0.1) is 0 Å². The van der Waals surface area contributed by atoms with Crippen molar-refractivity contribution in [3.05, 3.63) is 48.6 Å². The largest absolute Gasteiger partial charge is 0.466 e. The van der Waals surface area contributed by atoms with Crippen molar-refractivity contribution in [3.63, 3.8) is 0 Å². The first-order valence-electron chi connectivity index (χ1n) is 38.4. The van der Waals surface area contributed by atoms with Crippen LogP contribution in [0.15, 0.2) is 48.6 Å². The van der Waals surface area contributed by atoms with E-state index in [0.717, 1.165) is 57.8 Å². The molecule has 0 heterocycles. The zero-order chi connectivity index (χ0) is 61.3. The van der Waals surface area contributed by atoms with Gasteiger partial charge in [0.05, 0.1) is 25.4 Å². The Kier molecular flexibility index (Phi) is 72.4. The van der Waals surface area contributed by atoms with Gasteiger partial charge >= 0.3 is 5.97 Å². The van der Waals surface area contributed by atoms with E-state index >= 15 is 0 Å². The second-order valence-electron chi connectivity index (χ2n) is 26.3. The van der Waals surface area contributed by atoms with E-state index in [0.29, 0.717) is 25.9 Å². The van der Waals surface area contributed by atoms with Gasteiger partial charge in [-0.3, -0.25) is 9.59 Å². The summed E-state index contributed by atoms with van der Waals surface area (Å²) in [6, 6.07) is -0.543. The van der Waals surface area contributed by atoms with E-state index in [1.807, 2.05) is 0 Å². The topological polar surface area (TPSA) is 95.9 Å². The van der Waals surface area contributed by atoms with Crippen LogP contribution in [-0.2, 0) is 14.3 Å². The molecule has 2 unspecified atom stereocenters. The Balaban J connectivity index is 3.40. The van der Waals surface area contributed by atoms with Crippen LogP contribution in [0.3, 0.4) is 0 Å². The van der Waals surface area contributed by atoms with Crippen LogP contribution in [0.25, 0.3) is 0 Å². The molecule has 6 nitrogen and oxygen atoms in total. The molecular weight excluding hydrogens is 1040 g/mol. The summed E-state index contributed by atoms with van der Waals surface area (Å²) in [6.45, 7) is 4.95. The summed E-state index contributed by atoms with van der Waals surface area (Å²) >= 11 is 0. The number of unbranched alkanes of at least 4 members (excludes halogenated alkanes) is 53. The van der Waals surface area contributed by atoms with Gasteiger partial charge < -0.3 is 20.3 Å². The van der Waals surface area contributed by atoms with E-state index in [1.165, 1.54) is 327 Å². The maximum Gasteiger partial charge on any atom is 0.305 e. The molecule has 0 spiro atoms. The number of hydrogen-bond acceptors (Lipinski definition) is 5. The predicted molar refractivity (Wildman–Crippen MR) is 375 cm³/mol. The molecule has 0 aliphatic heterocycles. The van der Waals surface area contributed by atoms with Gasteiger partial charge in [0.15, 0.2) is 0 Å². The highest BCUT2D eigenvalue weighted by atomic mass is 16.5. The molecule has 0 aliphatic carbocycles. The Labute approximate surface area is 531 Å². The number of carbonyl (C=O) groups is 2. The van der Waals surface area contributed by atoms with Crippen molar-refractivity contribution in [1.82, 2.24) is 5.32 Å². The average Bonchev–Trinajstić information content (AvgIpc) is 3.51. The second kappa shape index (κ2) is 74.3. The van der Waals surface area contributed by atoms with Crippen molar-refractivity contribution >= 4 is 11.9 Å². The summed E-state index contributed by atoms with van der Waals surface area (Å²) in [5, 5.41) is 23.5. The Morgan fingerprint density at radius 1 is 0.329 bits per heavy atom. The quantitative estimate of drug-likeness (QED) is 0.0320. The predicted octanol–water partition coefficient (Wildman–Crippen LogP) is 25.2. The zero-order valence-corrected chi connectivity index (χ0v) is 57.4. The van der Waals surface area contributed by atoms with Crippen molar-refractivity contribution in [1.29, 1.82) is 0 Å². The summed E-state index contributed by atoms with van der Waals surface area (Å²) < 4.78 is 5.48. The molecule has 0 bridgehead atoms. The molecule has 500 valence electrons. The van der Waals surface area contributed by atoms with Crippen molar-refractivity contribution in [2.24, 2.45) is 0 Å². The number of carbonyl (C=O) groups excluding carboxylic acids is 2. The van der Waals surface area contributed by atoms with Gasteiger partial charge in [-0.1, -0.05) is 364 Å². The number of ether oxygens (including phenoxy) is 1. The number of amides is 1. The molecule has 0 saturated heterocycles. The SMILES string of the molecule is CCCCC/C=C\C/C=C\CCCCCCCC(=O)OCCCCCCCCCCC/C=C\C/C=C\CCCCCCCCCCCCCCCCCC(=O)NC(CO)C(O)CCCCCCCCCCCCCCCCCCCCCCCC. The van der Waals surface area contributed by atoms with Gasteiger partial charge in [0.2, 0.25) is 5.91 Å². The molecule has 0 aromatic rings. The number of aliphatic hydroxyl groups is 2. The Morgan fingerprint density at radius 3 is 0.918 bits per heavy atom. The van der Waals surface area contributed by atoms with E-state index in [-0.39, 0.29) is 18.5 Å². The summed E-state index contributed by atoms with van der Waals surface area (Å²) in [5.41, 5.74) is 0. The second-order valence-corrected chi connectivity index (χ2v) is 26.3. The smallest absolute Gasteiger partial charge is 0.305 e. The number of rotatable bonds is 72. The summed E-state index contributed by atoms with van der Waals surface area (Å²) in [5.74, 6) is -0.0305. The molecule has 6 heteroatoms. The zero-order valence-electron chi connectivity index (χ0n) is 57.4. The first-order chi connectivity index (χ1) is 42.0. The van der Waals surface area contributed by atoms with Crippen LogP contribution >= 0.6 is 0 Å². The van der Waals surface area contributed by atoms with Crippen LogP contribution in [0, 0.1) is 0 Å². The number of nitrogens with one attached hydrogen (secondary N) is 1. The van der Waals surface area contributed by atoms with Crippen molar-refractivity contribution in [3.8, 4) is 0 Å². The molecule has 0 rings (SSSR count). The maximum absolute atomic E-state index is 12.6. The fourth-order valence-corrected chi connectivity index (χ4v) is 12.0. The lowest BCUT2D eigenvalue weighted by Gasteiger charge is -2.22. The van der Waals surface area contributed by atoms with Crippen LogP contribution in [-0.4, -0.2) is 47.4 Å². The lowest BCUT2D eigenvalue weighted by atomic mass is 10.0. The van der Waals surface area contributed by atoms with Gasteiger partial charge in [0.1, 0.15) is 0 Å². The molecule has 2 atom stereocenters. The van der Waals surface area contributed by atoms with Crippen molar-refractivity contribution in [2.45, 2.75) is 431 Å². The molecule has 0 aromatic carbocycles. The average molecular weight is 1190 g/mol. The highest BCUT2D eigenvalue weighted by Gasteiger charge is 2.20. The van der Waals surface area contributed by atoms with E-state index < -0.39 is 12.1 Å². The van der Waals surface area contributed by atoms with Gasteiger partial charge in [-0.05, 0) is 89.9 Å². The summed E-state index contributed by atoms with van der Waals surface area (Å²) in [6.07, 6.45) is 97.5. The Bertz CT molecular complexity index is 1420. The highest BCUT2D eigenvalue weighted by molar-refractivity contribution is 5.76. The Hall–Kier alpha value is -2.18. The van der Waals surface area contributed by atoms with Crippen LogP contribution in [0.4, 0.5) is 0 Å². The van der Waals surface area contributed by atoms with Gasteiger partial charge in [0, 0.05) is 12.8 Å². The molecule has 85 heavy (non-hydrogen) atoms. The summed E-state index contributed by atoms with van der Waals surface area (Å²) in [4.78, 5) is 24.6. The lowest BCUT2D eigenvalue weighted by Crippen LogP contribution is -2.45. The minimum absolute atomic E-state index is 0.000476. The molecule has 0 fully saturated rings. The van der Waals surface area contributed by atoms with E-state index in [9.17, 15) is 19.8 Å². The van der Waals surface area contributed by atoms with Crippen LogP contribution in [0.1, 0.15) is 418 Å². The fourth-order valence-electron chi connectivity index (χ4n) is 12.0. The third kappa shape index (κ3) is 70.8. The monoisotopic (exact) mass is 1190 g/mol. The third-order valence-corrected chi connectivity index (χ3v) is 17.9. The van der Waals surface area contributed by atoms with Crippen LogP contribution in [0.5, 0.6) is 0 Å². The number of aliphatic hydroxyl groups excluding tert-OH is 2. The number of hydrogen-bond donors (Lipinski definition) is 3. The molecule has 0 aliphatic rings. The van der Waals surface area contributed by atoms with Gasteiger partial charge in [-0.25, -0.2) is 0 Å². The highest BCUT2D eigenvalue weighted by Crippen LogP contribution is 2.19. The van der Waals surface area contributed by atoms with E-state index in [2.05, 4.69) is 67.8 Å². The minimum Gasteiger partial charge on any atom is -0.466 e. The first-order valence-corrected chi connectivity index (χ1v) is 38.4. The van der Waals surface area contributed by atoms with Crippen molar-refractivity contribution < 1.29 is 24.5 Å². The van der Waals surface area contributed by atoms with E-state index in [4.69, 9.17) is 4.74 Å². The van der Waals surface area contributed by atoms with Crippen LogP contribution in [0.2, 0.25) is 0 Å². The molecule has 0 aromatic heterocycles. The molecule has 0 radical (unpaired) electrons. The number of esters is 1. The normalized spacial score (nSPS) is 12.8. The Morgan fingerprint density at radius 2 is 0.588 bits per heavy atom. The lowest BCUT2D eigenvalue weighted by molar-refractivity contribution is -0.143. The van der Waals surface area contributed by atoms with Gasteiger partial charge in [-0.2, -0.15) is 0 Å². The third-order valence-electron chi connectivity index (χ3n) is 17.9. The standard InChI is InChI=1S/C79H149NO5/c1-3-5-7-9-11-13-15-17-19-20-21-22-34-37-40-44-47-51-55-59-63-67-71-77(82)76(75-81)80-78(83)72-68-64-60-56-52-48-45-41-38-35-32-30-28-26-24-23-25-27-29-31-33-36-39-42-46-50-54-58-62-66-70-74-85-79(84)73-69-65-61-57-53-49-43-18-16-14-12-10-8-6-4-2/h12,14,18,25,27,31,33,43,76-77,81-82H,3-11,13,15-17,19-24,26,28-30,32,34-42,44-75H2,1-2H3,(H,80,83)/b14-12-,27-25-,33-31-,43-18-. The molecule has 0 saturated carbocycles. The molecule has 3 N–H and O–H groups in total. The first kappa shape index (κ1) is 82.8. The minimum atomic E-state index is -0.666. The molecule has 1 amide bonds. The molecular formula is C79H149NO5. The van der Waals surface area contributed by atoms with Crippen LogP contribution < -0.4 is 5.32 Å². The maximum atomic E-state index is 12.6. The van der Waals surface area contributed by atoms with E-state index in [1.54, 1.807) is 0 Å².